The number of para-hydroxylation sites is 1. The summed E-state index contributed by atoms with van der Waals surface area (Å²) in [7, 11) is 0. The summed E-state index contributed by atoms with van der Waals surface area (Å²) in [5.74, 6) is 1.54. The Kier molecular flexibility index (Phi) is 5.66. The van der Waals surface area contributed by atoms with Gasteiger partial charge in [0.1, 0.15) is 0 Å². The van der Waals surface area contributed by atoms with Crippen molar-refractivity contribution in [1.82, 2.24) is 5.32 Å². The van der Waals surface area contributed by atoms with Gasteiger partial charge in [0.15, 0.2) is 0 Å². The second kappa shape index (κ2) is 7.48. The van der Waals surface area contributed by atoms with E-state index in [1.807, 2.05) is 24.3 Å². The molecule has 0 heterocycles. The van der Waals surface area contributed by atoms with Crippen molar-refractivity contribution in [2.24, 2.45) is 11.8 Å². The SMILES string of the molecule is CC1CCC(CNC(=O)c2ccccc2NC(C)C)CC1. The van der Waals surface area contributed by atoms with Crippen LogP contribution >= 0.6 is 0 Å². The van der Waals surface area contributed by atoms with E-state index in [0.29, 0.717) is 12.0 Å². The first kappa shape index (κ1) is 15.9. The number of hydrogen-bond acceptors (Lipinski definition) is 2. The summed E-state index contributed by atoms with van der Waals surface area (Å²) in [6.45, 7) is 7.29. The van der Waals surface area contributed by atoms with E-state index in [1.54, 1.807) is 0 Å². The van der Waals surface area contributed by atoms with Gasteiger partial charge in [-0.15, -0.1) is 0 Å². The van der Waals surface area contributed by atoms with E-state index in [-0.39, 0.29) is 5.91 Å². The van der Waals surface area contributed by atoms with Gasteiger partial charge >= 0.3 is 0 Å². The molecule has 0 bridgehead atoms. The number of hydrogen-bond donors (Lipinski definition) is 2. The molecule has 1 amide bonds. The number of rotatable bonds is 5. The summed E-state index contributed by atoms with van der Waals surface area (Å²) in [4.78, 5) is 12.4. The molecule has 0 saturated heterocycles. The van der Waals surface area contributed by atoms with Crippen molar-refractivity contribution in [3.63, 3.8) is 0 Å². The Morgan fingerprint density at radius 2 is 1.86 bits per heavy atom. The molecular weight excluding hydrogens is 260 g/mol. The van der Waals surface area contributed by atoms with Crippen LogP contribution in [0.3, 0.4) is 0 Å². The van der Waals surface area contributed by atoms with Crippen molar-refractivity contribution in [2.45, 2.75) is 52.5 Å². The van der Waals surface area contributed by atoms with Gasteiger partial charge in [0, 0.05) is 18.3 Å². The fourth-order valence-corrected chi connectivity index (χ4v) is 2.98. The quantitative estimate of drug-likeness (QED) is 0.857. The van der Waals surface area contributed by atoms with E-state index < -0.39 is 0 Å². The van der Waals surface area contributed by atoms with Gasteiger partial charge in [0.05, 0.1) is 5.56 Å². The van der Waals surface area contributed by atoms with Gasteiger partial charge in [-0.25, -0.2) is 0 Å². The Bertz CT molecular complexity index is 462. The normalized spacial score (nSPS) is 22.1. The highest BCUT2D eigenvalue weighted by atomic mass is 16.1. The van der Waals surface area contributed by atoms with Crippen molar-refractivity contribution >= 4 is 11.6 Å². The Hall–Kier alpha value is -1.51. The van der Waals surface area contributed by atoms with E-state index >= 15 is 0 Å². The summed E-state index contributed by atoms with van der Waals surface area (Å²) < 4.78 is 0. The summed E-state index contributed by atoms with van der Waals surface area (Å²) >= 11 is 0. The number of nitrogens with one attached hydrogen (secondary N) is 2. The molecule has 1 aromatic carbocycles. The Labute approximate surface area is 128 Å². The summed E-state index contributed by atoms with van der Waals surface area (Å²) in [6, 6.07) is 8.06. The van der Waals surface area contributed by atoms with Gasteiger partial charge in [-0.3, -0.25) is 4.79 Å². The molecule has 116 valence electrons. The molecule has 1 saturated carbocycles. The molecule has 1 aromatic rings. The molecule has 2 N–H and O–H groups in total. The number of amides is 1. The minimum atomic E-state index is 0.0392. The maximum Gasteiger partial charge on any atom is 0.253 e. The fourth-order valence-electron chi connectivity index (χ4n) is 2.98. The molecule has 0 radical (unpaired) electrons. The van der Waals surface area contributed by atoms with Crippen LogP contribution < -0.4 is 10.6 Å². The highest BCUT2D eigenvalue weighted by Gasteiger charge is 2.19. The molecule has 0 atom stereocenters. The first-order valence-electron chi connectivity index (χ1n) is 8.20. The molecule has 0 unspecified atom stereocenters. The maximum atomic E-state index is 12.4. The summed E-state index contributed by atoms with van der Waals surface area (Å²) in [6.07, 6.45) is 5.08. The van der Waals surface area contributed by atoms with E-state index in [9.17, 15) is 4.79 Å². The van der Waals surface area contributed by atoms with Crippen LogP contribution in [0.2, 0.25) is 0 Å². The molecule has 3 nitrogen and oxygen atoms in total. The molecule has 0 aliphatic heterocycles. The third kappa shape index (κ3) is 4.76. The van der Waals surface area contributed by atoms with Crippen LogP contribution in [0.5, 0.6) is 0 Å². The summed E-state index contributed by atoms with van der Waals surface area (Å²) in [5, 5.41) is 6.46. The lowest BCUT2D eigenvalue weighted by Crippen LogP contribution is -2.31. The fraction of sp³-hybridized carbons (Fsp3) is 0.611. The Balaban J connectivity index is 1.91. The Morgan fingerprint density at radius 3 is 2.52 bits per heavy atom. The van der Waals surface area contributed by atoms with Gasteiger partial charge in [-0.1, -0.05) is 31.9 Å². The van der Waals surface area contributed by atoms with Crippen LogP contribution in [-0.4, -0.2) is 18.5 Å². The zero-order valence-electron chi connectivity index (χ0n) is 13.5. The monoisotopic (exact) mass is 288 g/mol. The van der Waals surface area contributed by atoms with Crippen LogP contribution in [0.1, 0.15) is 56.8 Å². The van der Waals surface area contributed by atoms with Crippen LogP contribution in [0.4, 0.5) is 5.69 Å². The highest BCUT2D eigenvalue weighted by Crippen LogP contribution is 2.27. The van der Waals surface area contributed by atoms with Gasteiger partial charge in [-0.05, 0) is 50.7 Å². The second-order valence-corrected chi connectivity index (χ2v) is 6.68. The minimum absolute atomic E-state index is 0.0392. The first-order valence-corrected chi connectivity index (χ1v) is 8.20. The molecule has 21 heavy (non-hydrogen) atoms. The van der Waals surface area contributed by atoms with Crippen LogP contribution in [0.25, 0.3) is 0 Å². The lowest BCUT2D eigenvalue weighted by molar-refractivity contribution is 0.0942. The minimum Gasteiger partial charge on any atom is -0.382 e. The third-order valence-electron chi connectivity index (χ3n) is 4.30. The lowest BCUT2D eigenvalue weighted by Gasteiger charge is -2.26. The Morgan fingerprint density at radius 1 is 1.19 bits per heavy atom. The van der Waals surface area contributed by atoms with E-state index in [0.717, 1.165) is 23.7 Å². The van der Waals surface area contributed by atoms with Crippen molar-refractivity contribution in [3.8, 4) is 0 Å². The molecule has 3 heteroatoms. The van der Waals surface area contributed by atoms with Crippen molar-refractivity contribution in [2.75, 3.05) is 11.9 Å². The van der Waals surface area contributed by atoms with Crippen molar-refractivity contribution < 1.29 is 4.79 Å². The number of carbonyl (C=O) groups is 1. The summed E-state index contributed by atoms with van der Waals surface area (Å²) in [5.41, 5.74) is 1.66. The van der Waals surface area contributed by atoms with Crippen molar-refractivity contribution in [3.05, 3.63) is 29.8 Å². The standard InChI is InChI=1S/C18H28N2O/c1-13(2)20-17-7-5-4-6-16(17)18(21)19-12-15-10-8-14(3)9-11-15/h4-7,13-15,20H,8-12H2,1-3H3,(H,19,21). The molecular formula is C18H28N2O. The van der Waals surface area contributed by atoms with Crippen LogP contribution in [0.15, 0.2) is 24.3 Å². The van der Waals surface area contributed by atoms with Gasteiger partial charge in [0.25, 0.3) is 5.91 Å². The molecule has 1 aliphatic rings. The second-order valence-electron chi connectivity index (χ2n) is 6.68. The predicted molar refractivity (Wildman–Crippen MR) is 88.7 cm³/mol. The highest BCUT2D eigenvalue weighted by molar-refractivity contribution is 5.99. The average Bonchev–Trinajstić information content (AvgIpc) is 2.46. The first-order chi connectivity index (χ1) is 10.1. The van der Waals surface area contributed by atoms with Gasteiger partial charge < -0.3 is 10.6 Å². The maximum absolute atomic E-state index is 12.4. The van der Waals surface area contributed by atoms with Crippen LogP contribution in [-0.2, 0) is 0 Å². The topological polar surface area (TPSA) is 41.1 Å². The lowest BCUT2D eigenvalue weighted by atomic mass is 9.83. The zero-order valence-corrected chi connectivity index (χ0v) is 13.5. The van der Waals surface area contributed by atoms with E-state index in [2.05, 4.69) is 31.4 Å². The third-order valence-corrected chi connectivity index (χ3v) is 4.30. The van der Waals surface area contributed by atoms with E-state index in [1.165, 1.54) is 25.7 Å². The largest absolute Gasteiger partial charge is 0.382 e. The van der Waals surface area contributed by atoms with Crippen LogP contribution in [0, 0.1) is 11.8 Å². The van der Waals surface area contributed by atoms with Crippen molar-refractivity contribution in [1.29, 1.82) is 0 Å². The number of benzene rings is 1. The molecule has 0 spiro atoms. The average molecular weight is 288 g/mol. The number of carbonyl (C=O) groups excluding carboxylic acids is 1. The molecule has 2 rings (SSSR count). The smallest absolute Gasteiger partial charge is 0.253 e. The molecule has 1 fully saturated rings. The predicted octanol–water partition coefficient (Wildman–Crippen LogP) is 4.06. The molecule has 1 aliphatic carbocycles. The number of anilines is 1. The molecule has 0 aromatic heterocycles. The zero-order chi connectivity index (χ0) is 15.2. The van der Waals surface area contributed by atoms with Gasteiger partial charge in [0.2, 0.25) is 0 Å². The van der Waals surface area contributed by atoms with Gasteiger partial charge in [-0.2, -0.15) is 0 Å². The van der Waals surface area contributed by atoms with E-state index in [4.69, 9.17) is 0 Å².